The van der Waals surface area contributed by atoms with Gasteiger partial charge in [-0.25, -0.2) is 0 Å². The molecule has 0 atom stereocenters. The van der Waals surface area contributed by atoms with Gasteiger partial charge in [0.1, 0.15) is 10.0 Å². The van der Waals surface area contributed by atoms with Gasteiger partial charge in [0.25, 0.3) is 0 Å². The van der Waals surface area contributed by atoms with Crippen LogP contribution in [0.3, 0.4) is 0 Å². The minimum Gasteiger partial charge on any atom is -0.395 e. The molecule has 2 rings (SSSR count). The van der Waals surface area contributed by atoms with E-state index < -0.39 is 0 Å². The maximum atomic E-state index is 5.75. The SMILES string of the molecule is Cc1nnc(Sc2nn(C)cc2N)s1. The summed E-state index contributed by atoms with van der Waals surface area (Å²) in [4.78, 5) is 0. The molecule has 2 N–H and O–H groups in total. The van der Waals surface area contributed by atoms with Crippen LogP contribution in [-0.2, 0) is 7.05 Å². The molecular weight excluding hydrogens is 218 g/mol. The van der Waals surface area contributed by atoms with Crippen molar-refractivity contribution in [3.63, 3.8) is 0 Å². The Kier molecular flexibility index (Phi) is 2.42. The van der Waals surface area contributed by atoms with Crippen molar-refractivity contribution in [2.45, 2.75) is 16.3 Å². The Labute approximate surface area is 89.3 Å². The fourth-order valence-electron chi connectivity index (χ4n) is 0.968. The second-order valence-corrected chi connectivity index (χ2v) is 5.17. The Morgan fingerprint density at radius 1 is 1.50 bits per heavy atom. The highest BCUT2D eigenvalue weighted by Gasteiger charge is 2.09. The molecule has 0 fully saturated rings. The van der Waals surface area contributed by atoms with E-state index in [1.165, 1.54) is 23.1 Å². The summed E-state index contributed by atoms with van der Waals surface area (Å²) >= 11 is 2.98. The molecule has 74 valence electrons. The highest BCUT2D eigenvalue weighted by molar-refractivity contribution is 8.01. The fraction of sp³-hybridized carbons (Fsp3) is 0.286. The minimum absolute atomic E-state index is 0.672. The van der Waals surface area contributed by atoms with Gasteiger partial charge < -0.3 is 5.73 Å². The maximum Gasteiger partial charge on any atom is 0.180 e. The zero-order chi connectivity index (χ0) is 10.1. The van der Waals surface area contributed by atoms with E-state index in [1.54, 1.807) is 10.9 Å². The number of nitrogens with two attached hydrogens (primary N) is 1. The van der Waals surface area contributed by atoms with Crippen molar-refractivity contribution in [1.29, 1.82) is 0 Å². The van der Waals surface area contributed by atoms with Gasteiger partial charge in [0.05, 0.1) is 5.69 Å². The van der Waals surface area contributed by atoms with E-state index in [1.807, 2.05) is 14.0 Å². The van der Waals surface area contributed by atoms with Crippen LogP contribution in [0.2, 0.25) is 0 Å². The molecule has 7 heteroatoms. The fourth-order valence-corrected chi connectivity index (χ4v) is 2.74. The van der Waals surface area contributed by atoms with Crippen LogP contribution in [0.25, 0.3) is 0 Å². The lowest BCUT2D eigenvalue weighted by Crippen LogP contribution is -1.86. The number of nitrogens with zero attached hydrogens (tertiary/aromatic N) is 4. The third-order valence-electron chi connectivity index (χ3n) is 1.51. The summed E-state index contributed by atoms with van der Waals surface area (Å²) in [6.45, 7) is 1.92. The number of rotatable bonds is 2. The van der Waals surface area contributed by atoms with Gasteiger partial charge in [-0.15, -0.1) is 10.2 Å². The van der Waals surface area contributed by atoms with Crippen molar-refractivity contribution < 1.29 is 0 Å². The molecule has 0 bridgehead atoms. The van der Waals surface area contributed by atoms with Crippen molar-refractivity contribution in [2.75, 3.05) is 5.73 Å². The molecule has 0 aromatic carbocycles. The van der Waals surface area contributed by atoms with Gasteiger partial charge in [-0.05, 0) is 18.7 Å². The largest absolute Gasteiger partial charge is 0.395 e. The summed E-state index contributed by atoms with van der Waals surface area (Å²) in [5.41, 5.74) is 6.42. The summed E-state index contributed by atoms with van der Waals surface area (Å²) in [6, 6.07) is 0. The molecule has 0 radical (unpaired) electrons. The Hall–Kier alpha value is -1.08. The standard InChI is InChI=1S/C7H9N5S2/c1-4-9-10-7(13-4)14-6-5(8)3-12(2)11-6/h3H,8H2,1-2H3. The van der Waals surface area contributed by atoms with Gasteiger partial charge in [0.15, 0.2) is 4.34 Å². The van der Waals surface area contributed by atoms with Gasteiger partial charge in [-0.1, -0.05) is 11.3 Å². The number of anilines is 1. The number of aryl methyl sites for hydroxylation is 2. The van der Waals surface area contributed by atoms with Crippen molar-refractivity contribution in [3.8, 4) is 0 Å². The minimum atomic E-state index is 0.672. The molecule has 0 unspecified atom stereocenters. The molecule has 0 spiro atoms. The number of hydrogen-bond acceptors (Lipinski definition) is 6. The van der Waals surface area contributed by atoms with Crippen molar-refractivity contribution in [3.05, 3.63) is 11.2 Å². The molecule has 0 saturated heterocycles. The van der Waals surface area contributed by atoms with Crippen molar-refractivity contribution in [2.24, 2.45) is 7.05 Å². The number of aromatic nitrogens is 4. The van der Waals surface area contributed by atoms with E-state index in [4.69, 9.17) is 5.73 Å². The molecule has 0 saturated carbocycles. The molecule has 2 aromatic heterocycles. The Balaban J connectivity index is 2.22. The van der Waals surface area contributed by atoms with E-state index in [0.717, 1.165) is 14.4 Å². The first-order chi connectivity index (χ1) is 6.65. The summed E-state index contributed by atoms with van der Waals surface area (Å²) < 4.78 is 2.55. The quantitative estimate of drug-likeness (QED) is 0.837. The predicted molar refractivity (Wildman–Crippen MR) is 56.4 cm³/mol. The first-order valence-electron chi connectivity index (χ1n) is 3.92. The first-order valence-corrected chi connectivity index (χ1v) is 5.55. The topological polar surface area (TPSA) is 69.6 Å². The molecular formula is C7H9N5S2. The number of nitrogen functional groups attached to an aromatic ring is 1. The number of hydrogen-bond donors (Lipinski definition) is 1. The Morgan fingerprint density at radius 2 is 2.29 bits per heavy atom. The smallest absolute Gasteiger partial charge is 0.180 e. The zero-order valence-corrected chi connectivity index (χ0v) is 9.39. The van der Waals surface area contributed by atoms with Crippen LogP contribution in [0.5, 0.6) is 0 Å². The average Bonchev–Trinajstić information content (AvgIpc) is 2.61. The molecule has 5 nitrogen and oxygen atoms in total. The highest BCUT2D eigenvalue weighted by Crippen LogP contribution is 2.31. The van der Waals surface area contributed by atoms with Crippen molar-refractivity contribution >= 4 is 28.8 Å². The lowest BCUT2D eigenvalue weighted by atomic mass is 10.6. The van der Waals surface area contributed by atoms with Crippen LogP contribution >= 0.6 is 23.1 Å². The van der Waals surface area contributed by atoms with E-state index in [-0.39, 0.29) is 0 Å². The predicted octanol–water partition coefficient (Wildman–Crippen LogP) is 1.31. The van der Waals surface area contributed by atoms with Gasteiger partial charge in [0.2, 0.25) is 0 Å². The van der Waals surface area contributed by atoms with E-state index >= 15 is 0 Å². The van der Waals surface area contributed by atoms with E-state index in [0.29, 0.717) is 5.69 Å². The monoisotopic (exact) mass is 227 g/mol. The van der Waals surface area contributed by atoms with Crippen LogP contribution in [-0.4, -0.2) is 20.0 Å². The van der Waals surface area contributed by atoms with E-state index in [9.17, 15) is 0 Å². The van der Waals surface area contributed by atoms with Crippen LogP contribution in [0.15, 0.2) is 15.6 Å². The molecule has 2 aromatic rings. The van der Waals surface area contributed by atoms with Gasteiger partial charge >= 0.3 is 0 Å². The van der Waals surface area contributed by atoms with Crippen LogP contribution in [0, 0.1) is 6.92 Å². The molecule has 0 amide bonds. The summed E-state index contributed by atoms with van der Waals surface area (Å²) in [5, 5.41) is 13.8. The molecule has 2 heterocycles. The second-order valence-electron chi connectivity index (χ2n) is 2.75. The maximum absolute atomic E-state index is 5.75. The lowest BCUT2D eigenvalue weighted by Gasteiger charge is -1.90. The Morgan fingerprint density at radius 3 is 2.79 bits per heavy atom. The Bertz CT molecular complexity index is 447. The van der Waals surface area contributed by atoms with Crippen LogP contribution in [0.1, 0.15) is 5.01 Å². The molecule has 0 aliphatic carbocycles. The van der Waals surface area contributed by atoms with Gasteiger partial charge in [-0.2, -0.15) is 5.10 Å². The molecule has 14 heavy (non-hydrogen) atoms. The van der Waals surface area contributed by atoms with Gasteiger partial charge in [-0.3, -0.25) is 4.68 Å². The third kappa shape index (κ3) is 1.88. The molecule has 0 aliphatic rings. The van der Waals surface area contributed by atoms with Crippen LogP contribution in [0.4, 0.5) is 5.69 Å². The van der Waals surface area contributed by atoms with Gasteiger partial charge in [0, 0.05) is 13.2 Å². The zero-order valence-electron chi connectivity index (χ0n) is 7.76. The van der Waals surface area contributed by atoms with E-state index in [2.05, 4.69) is 15.3 Å². The third-order valence-corrected chi connectivity index (χ3v) is 3.41. The second kappa shape index (κ2) is 3.58. The normalized spacial score (nSPS) is 10.7. The van der Waals surface area contributed by atoms with Crippen molar-refractivity contribution in [1.82, 2.24) is 20.0 Å². The summed E-state index contributed by atoms with van der Waals surface area (Å²) in [6.07, 6.45) is 1.77. The highest BCUT2D eigenvalue weighted by atomic mass is 32.2. The molecule has 0 aliphatic heterocycles. The van der Waals surface area contributed by atoms with Crippen LogP contribution < -0.4 is 5.73 Å². The summed E-state index contributed by atoms with van der Waals surface area (Å²) in [5.74, 6) is 0. The summed E-state index contributed by atoms with van der Waals surface area (Å²) in [7, 11) is 1.84. The first kappa shape index (κ1) is 9.47. The lowest BCUT2D eigenvalue weighted by molar-refractivity contribution is 0.738. The average molecular weight is 227 g/mol.